The fourth-order valence-corrected chi connectivity index (χ4v) is 1.71. The van der Waals surface area contributed by atoms with Gasteiger partial charge in [0.05, 0.1) is 0 Å². The lowest BCUT2D eigenvalue weighted by molar-refractivity contribution is -0.122. The number of ketones is 1. The molecule has 1 heterocycles. The molecule has 92 valence electrons. The molecule has 0 aromatic carbocycles. The first-order valence-electron chi connectivity index (χ1n) is 5.41. The quantitative estimate of drug-likeness (QED) is 0.573. The Kier molecular flexibility index (Phi) is 3.96. The van der Waals surface area contributed by atoms with Gasteiger partial charge in [0.2, 0.25) is 5.91 Å². The van der Waals surface area contributed by atoms with Gasteiger partial charge >= 0.3 is 0 Å². The number of carbonyl (C=O) groups excluding carboxylic acids is 2. The largest absolute Gasteiger partial charge is 0.368 e. The maximum absolute atomic E-state index is 12.2. The molecule has 0 radical (unpaired) electrons. The zero-order chi connectivity index (χ0) is 13.1. The van der Waals surface area contributed by atoms with Gasteiger partial charge in [-0.2, -0.15) is 0 Å². The summed E-state index contributed by atoms with van der Waals surface area (Å²) in [5.41, 5.74) is 9.84. The number of primary amides is 1. The number of Topliss-reactive ketones (excluding diaryl/α,β-unsaturated/α-hetero) is 1. The van der Waals surface area contributed by atoms with Gasteiger partial charge in [-0.15, -0.1) is 0 Å². The summed E-state index contributed by atoms with van der Waals surface area (Å²) in [6.07, 6.45) is 3.18. The number of aromatic nitrogens is 1. The molecule has 0 aliphatic rings. The van der Waals surface area contributed by atoms with Crippen molar-refractivity contribution < 1.29 is 9.59 Å². The normalized spacial score (nSPS) is 14.4. The van der Waals surface area contributed by atoms with Crippen molar-refractivity contribution in [3.8, 4) is 0 Å². The lowest BCUT2D eigenvalue weighted by Gasteiger charge is -2.26. The summed E-state index contributed by atoms with van der Waals surface area (Å²) < 4.78 is 0. The number of nitrogens with two attached hydrogens (primary N) is 2. The number of nitrogens with zero attached hydrogens (tertiary/aromatic N) is 1. The molecule has 0 unspecified atom stereocenters. The van der Waals surface area contributed by atoms with Crippen LogP contribution in [0.15, 0.2) is 24.5 Å². The third-order valence-corrected chi connectivity index (χ3v) is 2.52. The molecule has 1 atom stereocenters. The van der Waals surface area contributed by atoms with E-state index in [4.69, 9.17) is 11.5 Å². The summed E-state index contributed by atoms with van der Waals surface area (Å²) in [6, 6.07) is 3.04. The molecule has 0 fully saturated rings. The Morgan fingerprint density at radius 1 is 1.35 bits per heavy atom. The third-order valence-electron chi connectivity index (χ3n) is 2.52. The molecule has 1 aromatic rings. The molecule has 0 aliphatic heterocycles. The second-order valence-corrected chi connectivity index (χ2v) is 4.50. The molecular formula is C12H17N3O2. The van der Waals surface area contributed by atoms with Gasteiger partial charge in [0.25, 0.3) is 0 Å². The number of hydrogen-bond acceptors (Lipinski definition) is 4. The molecule has 0 saturated carbocycles. The summed E-state index contributed by atoms with van der Waals surface area (Å²) in [4.78, 5) is 27.4. The van der Waals surface area contributed by atoms with E-state index < -0.39 is 17.2 Å². The number of amides is 1. The van der Waals surface area contributed by atoms with Gasteiger partial charge in [-0.1, -0.05) is 13.8 Å². The van der Waals surface area contributed by atoms with Crippen LogP contribution in [0, 0.1) is 5.92 Å². The Hall–Kier alpha value is -1.75. The van der Waals surface area contributed by atoms with Crippen molar-refractivity contribution in [3.05, 3.63) is 30.1 Å². The van der Waals surface area contributed by atoms with Crippen LogP contribution in [0.2, 0.25) is 0 Å². The van der Waals surface area contributed by atoms with Crippen molar-refractivity contribution in [2.45, 2.75) is 25.8 Å². The second-order valence-electron chi connectivity index (χ2n) is 4.50. The van der Waals surface area contributed by atoms with E-state index in [2.05, 4.69) is 4.98 Å². The van der Waals surface area contributed by atoms with Crippen molar-refractivity contribution >= 4 is 11.7 Å². The van der Waals surface area contributed by atoms with Gasteiger partial charge in [-0.05, 0) is 24.5 Å². The molecule has 0 saturated heterocycles. The number of carbonyl (C=O) groups is 2. The summed E-state index contributed by atoms with van der Waals surface area (Å²) in [5.74, 6) is -1.16. The van der Waals surface area contributed by atoms with E-state index in [0.29, 0.717) is 5.56 Å². The first-order valence-corrected chi connectivity index (χ1v) is 5.41. The minimum absolute atomic E-state index is 0.0956. The number of rotatable bonds is 5. The van der Waals surface area contributed by atoms with E-state index in [1.807, 2.05) is 13.8 Å². The topological polar surface area (TPSA) is 99.1 Å². The van der Waals surface area contributed by atoms with Crippen LogP contribution in [0.3, 0.4) is 0 Å². The van der Waals surface area contributed by atoms with E-state index in [1.54, 1.807) is 0 Å². The average Bonchev–Trinajstić information content (AvgIpc) is 2.28. The fraction of sp³-hybridized carbons (Fsp3) is 0.417. The van der Waals surface area contributed by atoms with Crippen LogP contribution in [0.4, 0.5) is 0 Å². The first-order chi connectivity index (χ1) is 7.88. The number of pyridine rings is 1. The van der Waals surface area contributed by atoms with Gasteiger partial charge in [-0.25, -0.2) is 0 Å². The first kappa shape index (κ1) is 13.3. The summed E-state index contributed by atoms with van der Waals surface area (Å²) in [5, 5.41) is 0. The maximum atomic E-state index is 12.2. The van der Waals surface area contributed by atoms with Crippen molar-refractivity contribution in [1.82, 2.24) is 4.98 Å². The maximum Gasteiger partial charge on any atom is 0.245 e. The highest BCUT2D eigenvalue weighted by atomic mass is 16.2. The minimum atomic E-state index is -1.64. The van der Waals surface area contributed by atoms with Crippen molar-refractivity contribution in [1.29, 1.82) is 0 Å². The fourth-order valence-electron chi connectivity index (χ4n) is 1.71. The lowest BCUT2D eigenvalue weighted by Crippen LogP contribution is -2.58. The highest BCUT2D eigenvalue weighted by molar-refractivity contribution is 6.17. The molecule has 1 rings (SSSR count). The minimum Gasteiger partial charge on any atom is -0.368 e. The predicted molar refractivity (Wildman–Crippen MR) is 64.1 cm³/mol. The van der Waals surface area contributed by atoms with Gasteiger partial charge in [0.1, 0.15) is 0 Å². The van der Waals surface area contributed by atoms with Crippen LogP contribution in [0.5, 0.6) is 0 Å². The highest BCUT2D eigenvalue weighted by Crippen LogP contribution is 2.19. The zero-order valence-electron chi connectivity index (χ0n) is 10.0. The van der Waals surface area contributed by atoms with Gasteiger partial charge in [0, 0.05) is 18.0 Å². The SMILES string of the molecule is CC(C)C[C@](N)(C(N)=O)C(=O)c1ccncc1. The van der Waals surface area contributed by atoms with Crippen molar-refractivity contribution in [2.75, 3.05) is 0 Å². The Bertz CT molecular complexity index is 417. The molecule has 5 nitrogen and oxygen atoms in total. The Balaban J connectivity index is 3.08. The Morgan fingerprint density at radius 3 is 2.29 bits per heavy atom. The van der Waals surface area contributed by atoms with E-state index in [-0.39, 0.29) is 12.3 Å². The van der Waals surface area contributed by atoms with E-state index >= 15 is 0 Å². The van der Waals surface area contributed by atoms with Crippen LogP contribution in [0.25, 0.3) is 0 Å². The summed E-state index contributed by atoms with van der Waals surface area (Å²) in [6.45, 7) is 3.76. The Labute approximate surface area is 100 Å². The van der Waals surface area contributed by atoms with E-state index in [0.717, 1.165) is 0 Å². The van der Waals surface area contributed by atoms with E-state index in [1.165, 1.54) is 24.5 Å². The molecule has 0 aliphatic carbocycles. The van der Waals surface area contributed by atoms with Gasteiger partial charge in [-0.3, -0.25) is 14.6 Å². The van der Waals surface area contributed by atoms with Crippen LogP contribution in [-0.2, 0) is 4.79 Å². The van der Waals surface area contributed by atoms with Crippen molar-refractivity contribution in [2.24, 2.45) is 17.4 Å². The molecule has 1 aromatic heterocycles. The summed E-state index contributed by atoms with van der Waals surface area (Å²) >= 11 is 0. The molecule has 17 heavy (non-hydrogen) atoms. The van der Waals surface area contributed by atoms with Crippen LogP contribution in [0.1, 0.15) is 30.6 Å². The standard InChI is InChI=1S/C12H17N3O2/c1-8(2)7-12(14,11(13)17)10(16)9-3-5-15-6-4-9/h3-6,8H,7,14H2,1-2H3,(H2,13,17)/t12-/m1/s1. The molecule has 0 spiro atoms. The lowest BCUT2D eigenvalue weighted by atomic mass is 9.82. The van der Waals surface area contributed by atoms with Crippen LogP contribution < -0.4 is 11.5 Å². The van der Waals surface area contributed by atoms with Crippen LogP contribution in [-0.4, -0.2) is 22.2 Å². The van der Waals surface area contributed by atoms with E-state index in [9.17, 15) is 9.59 Å². The smallest absolute Gasteiger partial charge is 0.245 e. The molecular weight excluding hydrogens is 218 g/mol. The average molecular weight is 235 g/mol. The molecule has 1 amide bonds. The van der Waals surface area contributed by atoms with Gasteiger partial charge in [0.15, 0.2) is 11.3 Å². The Morgan fingerprint density at radius 2 is 1.88 bits per heavy atom. The molecule has 4 N–H and O–H groups in total. The predicted octanol–water partition coefficient (Wildman–Crippen LogP) is 0.493. The summed E-state index contributed by atoms with van der Waals surface area (Å²) in [7, 11) is 0. The second kappa shape index (κ2) is 5.05. The third kappa shape index (κ3) is 2.88. The highest BCUT2D eigenvalue weighted by Gasteiger charge is 2.41. The number of hydrogen-bond donors (Lipinski definition) is 2. The molecule has 5 heteroatoms. The zero-order valence-corrected chi connectivity index (χ0v) is 10.0. The van der Waals surface area contributed by atoms with Crippen molar-refractivity contribution in [3.63, 3.8) is 0 Å². The van der Waals surface area contributed by atoms with Crippen LogP contribution >= 0.6 is 0 Å². The molecule has 0 bridgehead atoms. The monoisotopic (exact) mass is 235 g/mol. The van der Waals surface area contributed by atoms with Gasteiger partial charge < -0.3 is 11.5 Å².